The fourth-order valence-corrected chi connectivity index (χ4v) is 2.68. The van der Waals surface area contributed by atoms with Crippen LogP contribution in [0, 0.1) is 6.92 Å². The maximum absolute atomic E-state index is 12.5. The fraction of sp³-hybridized carbons (Fsp3) is 0.500. The summed E-state index contributed by atoms with van der Waals surface area (Å²) in [5.74, 6) is 1.70. The van der Waals surface area contributed by atoms with Gasteiger partial charge in [-0.25, -0.2) is 0 Å². The molecule has 2 aromatic heterocycles. The van der Waals surface area contributed by atoms with Crippen molar-refractivity contribution in [3.63, 3.8) is 0 Å². The maximum Gasteiger partial charge on any atom is 0.259 e. The van der Waals surface area contributed by atoms with Gasteiger partial charge in [0.05, 0.1) is 12.7 Å². The smallest absolute Gasteiger partial charge is 0.259 e. The van der Waals surface area contributed by atoms with Gasteiger partial charge in [-0.15, -0.1) is 10.2 Å². The van der Waals surface area contributed by atoms with E-state index in [1.54, 1.807) is 17.9 Å². The Bertz CT molecular complexity index is 698. The van der Waals surface area contributed by atoms with E-state index in [2.05, 4.69) is 15.4 Å². The highest BCUT2D eigenvalue weighted by atomic mass is 16.5. The fourth-order valence-electron chi connectivity index (χ4n) is 2.68. The molecule has 1 unspecified atom stereocenters. The second-order valence-corrected chi connectivity index (χ2v) is 6.05. The molecule has 24 heavy (non-hydrogen) atoms. The summed E-state index contributed by atoms with van der Waals surface area (Å²) in [6.45, 7) is 2.95. The van der Waals surface area contributed by atoms with Gasteiger partial charge in [0, 0.05) is 26.7 Å². The van der Waals surface area contributed by atoms with E-state index in [1.165, 1.54) is 6.20 Å². The van der Waals surface area contributed by atoms with Crippen LogP contribution in [0.15, 0.2) is 22.9 Å². The van der Waals surface area contributed by atoms with E-state index in [1.807, 2.05) is 25.1 Å². The molecule has 8 nitrogen and oxygen atoms in total. The van der Waals surface area contributed by atoms with Crippen molar-refractivity contribution in [3.8, 4) is 5.88 Å². The molecule has 0 aromatic carbocycles. The van der Waals surface area contributed by atoms with Crippen LogP contribution in [-0.2, 0) is 0 Å². The number of amides is 1. The molecular weight excluding hydrogens is 310 g/mol. The molecule has 0 bridgehead atoms. The number of hydrogen-bond acceptors (Lipinski definition) is 7. The molecular formula is C16H21N5O3. The van der Waals surface area contributed by atoms with Crippen molar-refractivity contribution < 1.29 is 14.1 Å². The van der Waals surface area contributed by atoms with Gasteiger partial charge < -0.3 is 19.1 Å². The Hall–Kier alpha value is -2.64. The minimum Gasteiger partial charge on any atom is -0.471 e. The third-order valence-corrected chi connectivity index (χ3v) is 4.02. The van der Waals surface area contributed by atoms with E-state index in [0.29, 0.717) is 30.3 Å². The van der Waals surface area contributed by atoms with Gasteiger partial charge in [-0.3, -0.25) is 4.79 Å². The number of anilines is 1. The summed E-state index contributed by atoms with van der Waals surface area (Å²) in [6.07, 6.45) is 3.13. The number of likely N-dealkylation sites (tertiary alicyclic amines) is 1. The second kappa shape index (κ2) is 6.86. The van der Waals surface area contributed by atoms with Crippen LogP contribution in [0.5, 0.6) is 5.88 Å². The summed E-state index contributed by atoms with van der Waals surface area (Å²) in [5.41, 5.74) is 0.505. The van der Waals surface area contributed by atoms with Crippen molar-refractivity contribution in [2.24, 2.45) is 0 Å². The SMILES string of the molecule is Cc1oncc1C(=O)N1CCCC(Oc2ccc(N(C)C)nn2)C1. The van der Waals surface area contributed by atoms with Crippen molar-refractivity contribution >= 4 is 11.7 Å². The van der Waals surface area contributed by atoms with E-state index in [9.17, 15) is 4.79 Å². The first-order chi connectivity index (χ1) is 11.5. The minimum absolute atomic E-state index is 0.0731. The van der Waals surface area contributed by atoms with Crippen molar-refractivity contribution in [3.05, 3.63) is 29.7 Å². The van der Waals surface area contributed by atoms with Gasteiger partial charge in [0.25, 0.3) is 5.91 Å². The van der Waals surface area contributed by atoms with Crippen LogP contribution in [0.2, 0.25) is 0 Å². The Morgan fingerprint density at radius 1 is 1.38 bits per heavy atom. The molecule has 0 saturated carbocycles. The molecule has 3 rings (SSSR count). The van der Waals surface area contributed by atoms with Gasteiger partial charge in [0.2, 0.25) is 5.88 Å². The Balaban J connectivity index is 1.63. The lowest BCUT2D eigenvalue weighted by molar-refractivity contribution is 0.0524. The molecule has 0 aliphatic carbocycles. The Kier molecular flexibility index (Phi) is 4.64. The Morgan fingerprint density at radius 3 is 2.83 bits per heavy atom. The van der Waals surface area contributed by atoms with Crippen LogP contribution < -0.4 is 9.64 Å². The summed E-state index contributed by atoms with van der Waals surface area (Å²) in [4.78, 5) is 16.2. The lowest BCUT2D eigenvalue weighted by Gasteiger charge is -2.32. The first-order valence-electron chi connectivity index (χ1n) is 7.93. The van der Waals surface area contributed by atoms with Gasteiger partial charge in [-0.1, -0.05) is 5.16 Å². The van der Waals surface area contributed by atoms with Crippen molar-refractivity contribution in [2.75, 3.05) is 32.1 Å². The number of aryl methyl sites for hydroxylation is 1. The normalized spacial score (nSPS) is 17.6. The average molecular weight is 331 g/mol. The van der Waals surface area contributed by atoms with E-state index < -0.39 is 0 Å². The third-order valence-electron chi connectivity index (χ3n) is 4.02. The molecule has 1 aliphatic heterocycles. The molecule has 1 atom stereocenters. The molecule has 2 aromatic rings. The highest BCUT2D eigenvalue weighted by molar-refractivity contribution is 5.94. The average Bonchev–Trinajstić information content (AvgIpc) is 3.01. The summed E-state index contributed by atoms with van der Waals surface area (Å²) >= 11 is 0. The van der Waals surface area contributed by atoms with Crippen molar-refractivity contribution in [1.82, 2.24) is 20.3 Å². The Labute approximate surface area is 140 Å². The maximum atomic E-state index is 12.5. The quantitative estimate of drug-likeness (QED) is 0.840. The molecule has 3 heterocycles. The predicted molar refractivity (Wildman–Crippen MR) is 87.2 cm³/mol. The standard InChI is InChI=1S/C16H21N5O3/c1-11-13(9-17-24-11)16(22)21-8-4-5-12(10-21)23-15-7-6-14(18-19-15)20(2)3/h6-7,9,12H,4-5,8,10H2,1-3H3. The number of carbonyl (C=O) groups excluding carboxylic acids is 1. The molecule has 128 valence electrons. The summed E-state index contributed by atoms with van der Waals surface area (Å²) in [6, 6.07) is 3.65. The lowest BCUT2D eigenvalue weighted by atomic mass is 10.1. The van der Waals surface area contributed by atoms with Crippen LogP contribution in [0.4, 0.5) is 5.82 Å². The van der Waals surface area contributed by atoms with Gasteiger partial charge >= 0.3 is 0 Å². The highest BCUT2D eigenvalue weighted by Crippen LogP contribution is 2.20. The Morgan fingerprint density at radius 2 is 2.21 bits per heavy atom. The first-order valence-corrected chi connectivity index (χ1v) is 7.93. The highest BCUT2D eigenvalue weighted by Gasteiger charge is 2.28. The van der Waals surface area contributed by atoms with E-state index in [0.717, 1.165) is 18.7 Å². The number of carbonyl (C=O) groups is 1. The number of ether oxygens (including phenoxy) is 1. The number of hydrogen-bond donors (Lipinski definition) is 0. The van der Waals surface area contributed by atoms with Crippen molar-refractivity contribution in [2.45, 2.75) is 25.9 Å². The van der Waals surface area contributed by atoms with Gasteiger partial charge in [0.1, 0.15) is 17.4 Å². The van der Waals surface area contributed by atoms with E-state index >= 15 is 0 Å². The number of rotatable bonds is 4. The largest absolute Gasteiger partial charge is 0.471 e. The van der Waals surface area contributed by atoms with E-state index in [4.69, 9.17) is 9.26 Å². The molecule has 1 saturated heterocycles. The molecule has 0 N–H and O–H groups in total. The van der Waals surface area contributed by atoms with Gasteiger partial charge in [0.15, 0.2) is 5.82 Å². The zero-order valence-corrected chi connectivity index (χ0v) is 14.1. The first kappa shape index (κ1) is 16.2. The molecule has 8 heteroatoms. The predicted octanol–water partition coefficient (Wildman–Crippen LogP) is 1.52. The molecule has 1 amide bonds. The summed E-state index contributed by atoms with van der Waals surface area (Å²) in [7, 11) is 3.81. The monoisotopic (exact) mass is 331 g/mol. The van der Waals surface area contributed by atoms with Gasteiger partial charge in [-0.2, -0.15) is 0 Å². The van der Waals surface area contributed by atoms with Crippen LogP contribution in [0.1, 0.15) is 29.0 Å². The van der Waals surface area contributed by atoms with Crippen LogP contribution in [0.25, 0.3) is 0 Å². The van der Waals surface area contributed by atoms with Crippen LogP contribution in [0.3, 0.4) is 0 Å². The number of piperidine rings is 1. The third kappa shape index (κ3) is 3.47. The summed E-state index contributed by atoms with van der Waals surface area (Å²) < 4.78 is 10.9. The van der Waals surface area contributed by atoms with Crippen LogP contribution >= 0.6 is 0 Å². The molecule has 1 aliphatic rings. The topological polar surface area (TPSA) is 84.6 Å². The zero-order chi connectivity index (χ0) is 17.1. The lowest BCUT2D eigenvalue weighted by Crippen LogP contribution is -2.44. The van der Waals surface area contributed by atoms with E-state index in [-0.39, 0.29) is 12.0 Å². The number of nitrogens with zero attached hydrogens (tertiary/aromatic N) is 5. The zero-order valence-electron chi connectivity index (χ0n) is 14.1. The summed E-state index contributed by atoms with van der Waals surface area (Å²) in [5, 5.41) is 11.9. The number of aromatic nitrogens is 3. The second-order valence-electron chi connectivity index (χ2n) is 6.05. The van der Waals surface area contributed by atoms with Crippen LogP contribution in [-0.4, -0.2) is 59.4 Å². The molecule has 1 fully saturated rings. The van der Waals surface area contributed by atoms with Crippen molar-refractivity contribution in [1.29, 1.82) is 0 Å². The molecule has 0 spiro atoms. The van der Waals surface area contributed by atoms with Gasteiger partial charge in [-0.05, 0) is 25.8 Å². The minimum atomic E-state index is -0.0950. The molecule has 0 radical (unpaired) electrons.